The van der Waals surface area contributed by atoms with Crippen LogP contribution in [0.3, 0.4) is 0 Å². The summed E-state index contributed by atoms with van der Waals surface area (Å²) in [5, 5.41) is 10.1. The number of nitrogens with zero attached hydrogens (tertiary/aromatic N) is 2. The van der Waals surface area contributed by atoms with E-state index in [0.717, 1.165) is 22.3 Å². The number of nitrogens with one attached hydrogen (secondary N) is 1. The molecule has 0 saturated carbocycles. The number of benzene rings is 3. The van der Waals surface area contributed by atoms with Gasteiger partial charge < -0.3 is 14.6 Å². The third-order valence-corrected chi connectivity index (χ3v) is 9.20. The third kappa shape index (κ3) is 6.95. The predicted octanol–water partition coefficient (Wildman–Crippen LogP) is 5.03. The molecule has 208 valence electrons. The number of aliphatic hydroxyl groups is 1. The van der Waals surface area contributed by atoms with Crippen LogP contribution in [-0.2, 0) is 32.6 Å². The number of hydrogen-bond acceptors (Lipinski definition) is 8. The number of aliphatic hydroxyl groups excluding tert-OH is 1. The SMILES string of the molecule is CC1C(CSc2ncccn2)OC(c2ccc(CNS(=O)(=O)c3ccccc3)cc2)OC1c1ccc(CO)cc1. The van der Waals surface area contributed by atoms with Crippen molar-refractivity contribution in [1.29, 1.82) is 0 Å². The van der Waals surface area contributed by atoms with Gasteiger partial charge in [0.15, 0.2) is 11.4 Å². The molecule has 5 rings (SSSR count). The first-order valence-corrected chi connectivity index (χ1v) is 15.4. The largest absolute Gasteiger partial charge is 0.392 e. The topological polar surface area (TPSA) is 111 Å². The molecule has 0 bridgehead atoms. The Balaban J connectivity index is 1.32. The highest BCUT2D eigenvalue weighted by Gasteiger charge is 2.38. The Morgan fingerprint density at radius 3 is 2.17 bits per heavy atom. The molecule has 8 nitrogen and oxygen atoms in total. The smallest absolute Gasteiger partial charge is 0.240 e. The van der Waals surface area contributed by atoms with Gasteiger partial charge in [0.25, 0.3) is 0 Å². The van der Waals surface area contributed by atoms with E-state index < -0.39 is 16.3 Å². The fourth-order valence-electron chi connectivity index (χ4n) is 4.48. The summed E-state index contributed by atoms with van der Waals surface area (Å²) in [5.41, 5.74) is 3.50. The van der Waals surface area contributed by atoms with Crippen LogP contribution in [0.15, 0.2) is 107 Å². The van der Waals surface area contributed by atoms with E-state index in [1.807, 2.05) is 48.5 Å². The standard InChI is InChI=1S/C30H31N3O5S2/c1-21-27(20-39-30-31-16-5-17-32-30)37-29(38-28(21)24-12-10-23(19-34)11-13-24)25-14-8-22(9-15-25)18-33-40(35,36)26-6-3-2-4-7-26/h2-17,21,27-29,33-34H,18-20H2,1H3. The Hall–Kier alpha value is -3.12. The van der Waals surface area contributed by atoms with Crippen LogP contribution in [0.2, 0.25) is 0 Å². The van der Waals surface area contributed by atoms with Crippen LogP contribution >= 0.6 is 11.8 Å². The maximum Gasteiger partial charge on any atom is 0.240 e. The molecule has 40 heavy (non-hydrogen) atoms. The quantitative estimate of drug-likeness (QED) is 0.200. The van der Waals surface area contributed by atoms with Gasteiger partial charge in [0, 0.05) is 36.2 Å². The van der Waals surface area contributed by atoms with Gasteiger partial charge in [0.1, 0.15) is 0 Å². The van der Waals surface area contributed by atoms with Crippen molar-refractivity contribution in [3.63, 3.8) is 0 Å². The summed E-state index contributed by atoms with van der Waals surface area (Å²) in [5.74, 6) is 0.689. The fraction of sp³-hybridized carbons (Fsp3) is 0.267. The van der Waals surface area contributed by atoms with Crippen molar-refractivity contribution in [3.05, 3.63) is 120 Å². The highest BCUT2D eigenvalue weighted by molar-refractivity contribution is 7.99. The molecular weight excluding hydrogens is 546 g/mol. The van der Waals surface area contributed by atoms with Crippen molar-refractivity contribution >= 4 is 21.8 Å². The highest BCUT2D eigenvalue weighted by atomic mass is 32.2. The molecule has 4 atom stereocenters. The van der Waals surface area contributed by atoms with Gasteiger partial charge in [-0.1, -0.05) is 85.4 Å². The first-order valence-electron chi connectivity index (χ1n) is 13.0. The van der Waals surface area contributed by atoms with Crippen LogP contribution in [0.5, 0.6) is 0 Å². The van der Waals surface area contributed by atoms with E-state index in [1.165, 1.54) is 11.8 Å². The van der Waals surface area contributed by atoms with Gasteiger partial charge in [0.05, 0.1) is 23.7 Å². The zero-order valence-corrected chi connectivity index (χ0v) is 23.6. The van der Waals surface area contributed by atoms with Crippen molar-refractivity contribution in [2.75, 3.05) is 5.75 Å². The molecule has 0 spiro atoms. The van der Waals surface area contributed by atoms with Gasteiger partial charge in [-0.2, -0.15) is 0 Å². The van der Waals surface area contributed by atoms with E-state index in [1.54, 1.807) is 48.8 Å². The summed E-state index contributed by atoms with van der Waals surface area (Å²) in [6.45, 7) is 2.26. The number of thioether (sulfide) groups is 1. The molecule has 2 N–H and O–H groups in total. The van der Waals surface area contributed by atoms with Gasteiger partial charge >= 0.3 is 0 Å². The zero-order valence-electron chi connectivity index (χ0n) is 22.0. The monoisotopic (exact) mass is 577 g/mol. The van der Waals surface area contributed by atoms with Crippen molar-refractivity contribution in [2.24, 2.45) is 5.92 Å². The number of rotatable bonds is 10. The average molecular weight is 578 g/mol. The summed E-state index contributed by atoms with van der Waals surface area (Å²) in [7, 11) is -3.60. The second-order valence-electron chi connectivity index (χ2n) is 9.54. The van der Waals surface area contributed by atoms with Crippen LogP contribution in [-0.4, -0.2) is 35.3 Å². The molecule has 1 saturated heterocycles. The number of hydrogen-bond donors (Lipinski definition) is 2. The minimum atomic E-state index is -3.60. The Morgan fingerprint density at radius 1 is 0.850 bits per heavy atom. The van der Waals surface area contributed by atoms with Crippen molar-refractivity contribution < 1.29 is 23.0 Å². The van der Waals surface area contributed by atoms with Crippen LogP contribution in [0.4, 0.5) is 0 Å². The van der Waals surface area contributed by atoms with Crippen molar-refractivity contribution in [2.45, 2.75) is 48.6 Å². The van der Waals surface area contributed by atoms with E-state index in [-0.39, 0.29) is 36.2 Å². The molecule has 0 aliphatic carbocycles. The van der Waals surface area contributed by atoms with E-state index >= 15 is 0 Å². The normalized spacial score (nSPS) is 21.2. The molecule has 2 heterocycles. The fourth-order valence-corrected chi connectivity index (χ4v) is 6.49. The van der Waals surface area contributed by atoms with Crippen molar-refractivity contribution in [3.8, 4) is 0 Å². The van der Waals surface area contributed by atoms with Crippen molar-refractivity contribution in [1.82, 2.24) is 14.7 Å². The summed E-state index contributed by atoms with van der Waals surface area (Å²) in [4.78, 5) is 8.87. The molecule has 1 aliphatic rings. The second kappa shape index (κ2) is 13.0. The third-order valence-electron chi connectivity index (χ3n) is 6.81. The molecule has 0 amide bonds. The molecule has 1 aromatic heterocycles. The maximum absolute atomic E-state index is 12.6. The van der Waals surface area contributed by atoms with E-state index in [9.17, 15) is 13.5 Å². The van der Waals surface area contributed by atoms with Crippen LogP contribution in [0.25, 0.3) is 0 Å². The summed E-state index contributed by atoms with van der Waals surface area (Å²) in [6.07, 6.45) is 2.45. The average Bonchev–Trinajstić information content (AvgIpc) is 3.01. The summed E-state index contributed by atoms with van der Waals surface area (Å²) < 4.78 is 40.8. The van der Waals surface area contributed by atoms with Crippen LogP contribution in [0, 0.1) is 5.92 Å². The van der Waals surface area contributed by atoms with Gasteiger partial charge in [-0.25, -0.2) is 23.1 Å². The number of ether oxygens (including phenoxy) is 2. The predicted molar refractivity (Wildman–Crippen MR) is 153 cm³/mol. The summed E-state index contributed by atoms with van der Waals surface area (Å²) >= 11 is 1.54. The van der Waals surface area contributed by atoms with Gasteiger partial charge in [-0.15, -0.1) is 0 Å². The van der Waals surface area contributed by atoms with Gasteiger partial charge in [-0.3, -0.25) is 0 Å². The minimum absolute atomic E-state index is 0.0166. The van der Waals surface area contributed by atoms with Gasteiger partial charge in [-0.05, 0) is 34.9 Å². The second-order valence-corrected chi connectivity index (χ2v) is 12.3. The van der Waals surface area contributed by atoms with E-state index in [4.69, 9.17) is 9.47 Å². The Kier molecular flexibility index (Phi) is 9.25. The maximum atomic E-state index is 12.6. The Bertz CT molecular complexity index is 1470. The molecule has 0 radical (unpaired) electrons. The molecule has 1 aliphatic heterocycles. The molecule has 4 aromatic rings. The molecular formula is C30H31N3O5S2. The lowest BCUT2D eigenvalue weighted by Crippen LogP contribution is -2.38. The zero-order chi connectivity index (χ0) is 28.0. The molecule has 4 unspecified atom stereocenters. The first kappa shape index (κ1) is 28.4. The first-order chi connectivity index (χ1) is 19.4. The number of sulfonamides is 1. The lowest BCUT2D eigenvalue weighted by atomic mass is 9.91. The Morgan fingerprint density at radius 2 is 1.50 bits per heavy atom. The molecule has 1 fully saturated rings. The van der Waals surface area contributed by atoms with Crippen LogP contribution < -0.4 is 4.72 Å². The van der Waals surface area contributed by atoms with E-state index in [0.29, 0.717) is 10.9 Å². The van der Waals surface area contributed by atoms with Gasteiger partial charge in [0.2, 0.25) is 10.0 Å². The molecule has 10 heteroatoms. The van der Waals surface area contributed by atoms with Crippen LogP contribution in [0.1, 0.15) is 41.6 Å². The number of aromatic nitrogens is 2. The lowest BCUT2D eigenvalue weighted by molar-refractivity contribution is -0.268. The molecule has 3 aromatic carbocycles. The highest BCUT2D eigenvalue weighted by Crippen LogP contribution is 2.42. The lowest BCUT2D eigenvalue weighted by Gasteiger charge is -2.41. The summed E-state index contributed by atoms with van der Waals surface area (Å²) in [6, 6.07) is 25.4. The Labute approximate surface area is 238 Å². The van der Waals surface area contributed by atoms with E-state index in [2.05, 4.69) is 21.6 Å². The minimum Gasteiger partial charge on any atom is -0.392 e.